The zero-order valence-electron chi connectivity index (χ0n) is 18.8. The smallest absolute Gasteiger partial charge is 0.243 e. The van der Waals surface area contributed by atoms with Gasteiger partial charge in [0.2, 0.25) is 15.9 Å². The van der Waals surface area contributed by atoms with Crippen molar-refractivity contribution in [2.75, 3.05) is 13.1 Å². The van der Waals surface area contributed by atoms with Gasteiger partial charge in [0.05, 0.1) is 4.90 Å². The molecule has 30 heavy (non-hydrogen) atoms. The van der Waals surface area contributed by atoms with Gasteiger partial charge in [0.25, 0.3) is 0 Å². The van der Waals surface area contributed by atoms with Crippen LogP contribution in [0.5, 0.6) is 0 Å². The van der Waals surface area contributed by atoms with Gasteiger partial charge in [-0.15, -0.1) is 0 Å². The standard InChI is InChI=1S/C23H32N2O4S/c1-14-11-15(2)18(5)22(17(14)4)30(27,28)25-9-7-20(8-10-25)23(26)24-13-21-12-16(3)29-19(21)6/h11-12,20H,7-10,13H2,1-6H3,(H,24,26). The number of hydrogen-bond donors (Lipinski definition) is 1. The van der Waals surface area contributed by atoms with Crippen molar-refractivity contribution >= 4 is 15.9 Å². The first kappa shape index (κ1) is 22.6. The lowest BCUT2D eigenvalue weighted by molar-refractivity contribution is -0.126. The van der Waals surface area contributed by atoms with Gasteiger partial charge in [-0.1, -0.05) is 6.07 Å². The van der Waals surface area contributed by atoms with E-state index in [1.54, 1.807) is 0 Å². The quantitative estimate of drug-likeness (QED) is 0.778. The SMILES string of the molecule is Cc1cc(CNC(=O)C2CCN(S(=O)(=O)c3c(C)c(C)cc(C)c3C)CC2)c(C)o1. The van der Waals surface area contributed by atoms with E-state index in [9.17, 15) is 13.2 Å². The Labute approximate surface area is 179 Å². The highest BCUT2D eigenvalue weighted by molar-refractivity contribution is 7.89. The van der Waals surface area contributed by atoms with E-state index >= 15 is 0 Å². The number of hydrogen-bond acceptors (Lipinski definition) is 4. The maximum Gasteiger partial charge on any atom is 0.243 e. The van der Waals surface area contributed by atoms with Crippen LogP contribution in [0.1, 0.15) is 52.2 Å². The summed E-state index contributed by atoms with van der Waals surface area (Å²) >= 11 is 0. The average molecular weight is 433 g/mol. The molecule has 1 aromatic carbocycles. The van der Waals surface area contributed by atoms with Crippen LogP contribution in [-0.2, 0) is 21.4 Å². The molecule has 2 heterocycles. The number of nitrogens with zero attached hydrogens (tertiary/aromatic N) is 1. The minimum absolute atomic E-state index is 0.0240. The topological polar surface area (TPSA) is 79.6 Å². The third kappa shape index (κ3) is 4.32. The van der Waals surface area contributed by atoms with Crippen molar-refractivity contribution in [1.29, 1.82) is 0 Å². The Morgan fingerprint density at radius 2 is 1.60 bits per heavy atom. The summed E-state index contributed by atoms with van der Waals surface area (Å²) in [4.78, 5) is 13.0. The lowest BCUT2D eigenvalue weighted by atomic mass is 9.97. The number of nitrogens with one attached hydrogen (secondary N) is 1. The molecule has 1 aliphatic rings. The first-order chi connectivity index (χ1) is 14.0. The summed E-state index contributed by atoms with van der Waals surface area (Å²) < 4.78 is 33.8. The van der Waals surface area contributed by atoms with E-state index in [1.165, 1.54) is 4.31 Å². The molecule has 6 nitrogen and oxygen atoms in total. The van der Waals surface area contributed by atoms with Crippen LogP contribution in [-0.4, -0.2) is 31.7 Å². The largest absolute Gasteiger partial charge is 0.466 e. The molecular weight excluding hydrogens is 400 g/mol. The van der Waals surface area contributed by atoms with Gasteiger partial charge in [-0.3, -0.25) is 4.79 Å². The predicted molar refractivity (Wildman–Crippen MR) is 117 cm³/mol. The molecule has 1 fully saturated rings. The van der Waals surface area contributed by atoms with E-state index < -0.39 is 10.0 Å². The van der Waals surface area contributed by atoms with Gasteiger partial charge >= 0.3 is 0 Å². The number of rotatable bonds is 5. The summed E-state index contributed by atoms with van der Waals surface area (Å²) in [6.07, 6.45) is 1.05. The molecule has 164 valence electrons. The number of aryl methyl sites for hydroxylation is 4. The molecule has 0 saturated carbocycles. The summed E-state index contributed by atoms with van der Waals surface area (Å²) in [6, 6.07) is 3.96. The van der Waals surface area contributed by atoms with Gasteiger partial charge < -0.3 is 9.73 Å². The summed E-state index contributed by atoms with van der Waals surface area (Å²) in [5, 5.41) is 2.97. The van der Waals surface area contributed by atoms with Crippen molar-refractivity contribution in [3.63, 3.8) is 0 Å². The lowest BCUT2D eigenvalue weighted by Crippen LogP contribution is -2.43. The summed E-state index contributed by atoms with van der Waals surface area (Å²) in [5.74, 6) is 1.44. The molecule has 0 bridgehead atoms. The molecular formula is C23H32N2O4S. The Morgan fingerprint density at radius 3 is 2.10 bits per heavy atom. The third-order valence-corrected chi connectivity index (χ3v) is 8.49. The van der Waals surface area contributed by atoms with Crippen LogP contribution >= 0.6 is 0 Å². The molecule has 3 rings (SSSR count). The number of carbonyl (C=O) groups excluding carboxylic acids is 1. The van der Waals surface area contributed by atoms with Gasteiger partial charge in [0.1, 0.15) is 11.5 Å². The van der Waals surface area contributed by atoms with Crippen LogP contribution in [0.2, 0.25) is 0 Å². The average Bonchev–Trinajstić information content (AvgIpc) is 3.01. The van der Waals surface area contributed by atoms with E-state index in [-0.39, 0.29) is 11.8 Å². The van der Waals surface area contributed by atoms with Crippen LogP contribution < -0.4 is 5.32 Å². The van der Waals surface area contributed by atoms with Crippen LogP contribution in [0.4, 0.5) is 0 Å². The third-order valence-electron chi connectivity index (χ3n) is 6.32. The van der Waals surface area contributed by atoms with Gasteiger partial charge in [-0.25, -0.2) is 8.42 Å². The van der Waals surface area contributed by atoms with Gasteiger partial charge in [-0.05, 0) is 82.7 Å². The molecule has 0 radical (unpaired) electrons. The lowest BCUT2D eigenvalue weighted by Gasteiger charge is -2.31. The van der Waals surface area contributed by atoms with Crippen LogP contribution in [0.15, 0.2) is 21.4 Å². The second kappa shape index (κ2) is 8.55. The van der Waals surface area contributed by atoms with Crippen molar-refractivity contribution in [1.82, 2.24) is 9.62 Å². The van der Waals surface area contributed by atoms with E-state index in [2.05, 4.69) is 5.32 Å². The second-order valence-corrected chi connectivity index (χ2v) is 10.3. The molecule has 1 N–H and O–H groups in total. The maximum absolute atomic E-state index is 13.4. The fourth-order valence-corrected chi connectivity index (χ4v) is 6.29. The van der Waals surface area contributed by atoms with Crippen molar-refractivity contribution < 1.29 is 17.6 Å². The molecule has 1 saturated heterocycles. The summed E-state index contributed by atoms with van der Waals surface area (Å²) in [5.41, 5.74) is 4.56. The highest BCUT2D eigenvalue weighted by Gasteiger charge is 2.34. The molecule has 1 amide bonds. The molecule has 1 aromatic heterocycles. The van der Waals surface area contributed by atoms with Crippen LogP contribution in [0, 0.1) is 47.5 Å². The van der Waals surface area contributed by atoms with Gasteiger partial charge in [0, 0.05) is 31.1 Å². The van der Waals surface area contributed by atoms with Crippen molar-refractivity contribution in [3.05, 3.63) is 51.5 Å². The minimum Gasteiger partial charge on any atom is -0.466 e. The number of amides is 1. The molecule has 1 aliphatic heterocycles. The Kier molecular flexibility index (Phi) is 6.43. The molecule has 0 aliphatic carbocycles. The second-order valence-electron chi connectivity index (χ2n) is 8.42. The number of furan rings is 1. The Morgan fingerprint density at radius 1 is 1.03 bits per heavy atom. The zero-order valence-corrected chi connectivity index (χ0v) is 19.6. The summed E-state index contributed by atoms with van der Waals surface area (Å²) in [6.45, 7) is 12.5. The first-order valence-electron chi connectivity index (χ1n) is 10.4. The summed E-state index contributed by atoms with van der Waals surface area (Å²) in [7, 11) is -3.59. The van der Waals surface area contributed by atoms with E-state index in [4.69, 9.17) is 4.42 Å². The van der Waals surface area contributed by atoms with Crippen molar-refractivity contribution in [3.8, 4) is 0 Å². The molecule has 7 heteroatoms. The Balaban J connectivity index is 1.66. The molecule has 0 spiro atoms. The number of carbonyl (C=O) groups is 1. The molecule has 0 unspecified atom stereocenters. The highest BCUT2D eigenvalue weighted by Crippen LogP contribution is 2.31. The Hall–Kier alpha value is -2.12. The van der Waals surface area contributed by atoms with Crippen LogP contribution in [0.25, 0.3) is 0 Å². The highest BCUT2D eigenvalue weighted by atomic mass is 32.2. The fraction of sp³-hybridized carbons (Fsp3) is 0.522. The monoisotopic (exact) mass is 432 g/mol. The normalized spacial score (nSPS) is 16.1. The van der Waals surface area contributed by atoms with Gasteiger partial charge in [-0.2, -0.15) is 4.31 Å². The van der Waals surface area contributed by atoms with Crippen molar-refractivity contribution in [2.45, 2.75) is 65.8 Å². The fourth-order valence-electron chi connectivity index (χ4n) is 4.24. The van der Waals surface area contributed by atoms with E-state index in [0.717, 1.165) is 39.3 Å². The number of benzene rings is 1. The van der Waals surface area contributed by atoms with E-state index in [1.807, 2.05) is 53.7 Å². The van der Waals surface area contributed by atoms with Gasteiger partial charge in [0.15, 0.2) is 0 Å². The number of piperidine rings is 1. The molecule has 0 atom stereocenters. The Bertz CT molecular complexity index is 1040. The molecule has 2 aromatic rings. The first-order valence-corrected chi connectivity index (χ1v) is 11.9. The number of sulfonamides is 1. The predicted octanol–water partition coefficient (Wildman–Crippen LogP) is 3.85. The van der Waals surface area contributed by atoms with E-state index in [0.29, 0.717) is 37.4 Å². The minimum atomic E-state index is -3.59. The van der Waals surface area contributed by atoms with Crippen LogP contribution in [0.3, 0.4) is 0 Å². The zero-order chi connectivity index (χ0) is 22.2. The van der Waals surface area contributed by atoms with Crippen molar-refractivity contribution in [2.24, 2.45) is 5.92 Å². The maximum atomic E-state index is 13.4.